The first-order chi connectivity index (χ1) is 12.7. The molecule has 1 aliphatic heterocycles. The predicted octanol–water partition coefficient (Wildman–Crippen LogP) is 1.67. The van der Waals surface area contributed by atoms with Crippen molar-refractivity contribution in [2.75, 3.05) is 0 Å². The van der Waals surface area contributed by atoms with Gasteiger partial charge in [0.15, 0.2) is 11.9 Å². The molecule has 0 fully saturated rings. The molecule has 1 atom stereocenters. The summed E-state index contributed by atoms with van der Waals surface area (Å²) in [6, 6.07) is 16.8. The molecule has 0 spiro atoms. The van der Waals surface area contributed by atoms with Crippen LogP contribution in [0.5, 0.6) is 0 Å². The summed E-state index contributed by atoms with van der Waals surface area (Å²) in [6.07, 6.45) is 1.11. The topological polar surface area (TPSA) is 86.1 Å². The van der Waals surface area contributed by atoms with Crippen LogP contribution < -0.4 is 5.32 Å². The van der Waals surface area contributed by atoms with Crippen molar-refractivity contribution < 1.29 is 14.3 Å². The molecule has 7 heteroatoms. The van der Waals surface area contributed by atoms with Gasteiger partial charge in [0.2, 0.25) is 0 Å². The highest BCUT2D eigenvalue weighted by atomic mass is 16.5. The normalized spacial score (nSPS) is 15.8. The van der Waals surface area contributed by atoms with Gasteiger partial charge in [-0.1, -0.05) is 36.4 Å². The lowest BCUT2D eigenvalue weighted by Gasteiger charge is -2.23. The molecule has 3 aromatic rings. The second kappa shape index (κ2) is 6.79. The van der Waals surface area contributed by atoms with E-state index >= 15 is 0 Å². The fourth-order valence-corrected chi connectivity index (χ4v) is 2.94. The van der Waals surface area contributed by atoms with Crippen LogP contribution in [0, 0.1) is 0 Å². The lowest BCUT2D eigenvalue weighted by atomic mass is 9.98. The van der Waals surface area contributed by atoms with Gasteiger partial charge in [-0.3, -0.25) is 9.36 Å². The van der Waals surface area contributed by atoms with Gasteiger partial charge in [0.25, 0.3) is 5.91 Å². The average Bonchev–Trinajstić information content (AvgIpc) is 3.15. The van der Waals surface area contributed by atoms with Crippen molar-refractivity contribution >= 4 is 11.9 Å². The molecule has 4 rings (SSSR count). The number of ether oxygens (including phenoxy) is 1. The summed E-state index contributed by atoms with van der Waals surface area (Å²) in [5, 5.41) is 10.7. The fourth-order valence-electron chi connectivity index (χ4n) is 2.94. The number of rotatable bonds is 4. The van der Waals surface area contributed by atoms with E-state index in [1.165, 1.54) is 0 Å². The summed E-state index contributed by atoms with van der Waals surface area (Å²) in [7, 11) is 0. The second-order valence-corrected chi connectivity index (χ2v) is 5.93. The van der Waals surface area contributed by atoms with E-state index in [1.54, 1.807) is 23.0 Å². The summed E-state index contributed by atoms with van der Waals surface area (Å²) in [5.41, 5.74) is 2.23. The van der Waals surface area contributed by atoms with E-state index in [-0.39, 0.29) is 12.5 Å². The van der Waals surface area contributed by atoms with E-state index in [1.807, 2.05) is 42.5 Å². The number of benzene rings is 2. The molecule has 0 bridgehead atoms. The molecule has 0 aliphatic carbocycles. The number of esters is 1. The number of nitrogens with one attached hydrogen (secondary N) is 1. The van der Waals surface area contributed by atoms with Gasteiger partial charge in [0.05, 0.1) is 12.1 Å². The highest BCUT2D eigenvalue weighted by Gasteiger charge is 2.31. The number of hydrogen-bond donors (Lipinski definition) is 1. The van der Waals surface area contributed by atoms with Gasteiger partial charge < -0.3 is 10.1 Å². The van der Waals surface area contributed by atoms with Crippen LogP contribution in [0.15, 0.2) is 60.9 Å². The SMILES string of the molecule is O=C1OC(C(=O)NCc2nncn2-c2ccccc2)Cc2ccccc21. The number of carbonyl (C=O) groups excluding carboxylic acids is 2. The van der Waals surface area contributed by atoms with Crippen molar-refractivity contribution in [3.05, 3.63) is 77.9 Å². The smallest absolute Gasteiger partial charge is 0.339 e. The Bertz CT molecular complexity index is 952. The Balaban J connectivity index is 1.45. The van der Waals surface area contributed by atoms with Crippen LogP contribution in [0.1, 0.15) is 21.7 Å². The molecule has 1 N–H and O–H groups in total. The van der Waals surface area contributed by atoms with E-state index in [9.17, 15) is 9.59 Å². The molecule has 0 saturated heterocycles. The molecule has 1 amide bonds. The highest BCUT2D eigenvalue weighted by molar-refractivity contribution is 5.95. The van der Waals surface area contributed by atoms with E-state index in [4.69, 9.17) is 4.74 Å². The molecule has 0 radical (unpaired) electrons. The number of para-hydroxylation sites is 1. The van der Waals surface area contributed by atoms with Crippen LogP contribution in [-0.2, 0) is 22.5 Å². The summed E-state index contributed by atoms with van der Waals surface area (Å²) in [6.45, 7) is 0.184. The van der Waals surface area contributed by atoms with Crippen molar-refractivity contribution in [3.8, 4) is 5.69 Å². The van der Waals surface area contributed by atoms with Gasteiger partial charge in [-0.2, -0.15) is 0 Å². The summed E-state index contributed by atoms with van der Waals surface area (Å²) in [5.74, 6) is -0.234. The number of carbonyl (C=O) groups is 2. The van der Waals surface area contributed by atoms with Gasteiger partial charge in [-0.25, -0.2) is 4.79 Å². The van der Waals surface area contributed by atoms with Crippen molar-refractivity contribution in [3.63, 3.8) is 0 Å². The number of amides is 1. The van der Waals surface area contributed by atoms with E-state index in [2.05, 4.69) is 15.5 Å². The van der Waals surface area contributed by atoms with Crippen molar-refractivity contribution in [2.24, 2.45) is 0 Å². The van der Waals surface area contributed by atoms with E-state index in [0.717, 1.165) is 11.3 Å². The van der Waals surface area contributed by atoms with Gasteiger partial charge in [0, 0.05) is 12.1 Å². The van der Waals surface area contributed by atoms with Gasteiger partial charge >= 0.3 is 5.97 Å². The molecule has 130 valence electrons. The van der Waals surface area contributed by atoms with Crippen LogP contribution >= 0.6 is 0 Å². The fraction of sp³-hybridized carbons (Fsp3) is 0.158. The molecule has 1 aromatic heterocycles. The molecule has 1 aliphatic rings. The van der Waals surface area contributed by atoms with Gasteiger partial charge in [0.1, 0.15) is 6.33 Å². The Morgan fingerprint density at radius 1 is 1.15 bits per heavy atom. The number of hydrogen-bond acceptors (Lipinski definition) is 5. The molecular weight excluding hydrogens is 332 g/mol. The van der Waals surface area contributed by atoms with Crippen molar-refractivity contribution in [1.29, 1.82) is 0 Å². The average molecular weight is 348 g/mol. The summed E-state index contributed by atoms with van der Waals surface area (Å²) < 4.78 is 7.06. The molecule has 2 aromatic carbocycles. The Kier molecular flexibility index (Phi) is 4.18. The Morgan fingerprint density at radius 3 is 2.77 bits per heavy atom. The van der Waals surface area contributed by atoms with Crippen LogP contribution in [-0.4, -0.2) is 32.7 Å². The Labute approximate surface area is 149 Å². The maximum Gasteiger partial charge on any atom is 0.339 e. The first kappa shape index (κ1) is 16.0. The molecular formula is C19H16N4O3. The third-order valence-corrected chi connectivity index (χ3v) is 4.26. The Morgan fingerprint density at radius 2 is 1.92 bits per heavy atom. The zero-order chi connectivity index (χ0) is 17.9. The molecule has 7 nitrogen and oxygen atoms in total. The van der Waals surface area contributed by atoms with E-state index < -0.39 is 12.1 Å². The maximum absolute atomic E-state index is 12.5. The van der Waals surface area contributed by atoms with Gasteiger partial charge in [-0.15, -0.1) is 10.2 Å². The number of cyclic esters (lactones) is 1. The molecule has 1 unspecified atom stereocenters. The zero-order valence-electron chi connectivity index (χ0n) is 13.8. The standard InChI is InChI=1S/C19H16N4O3/c24-18(16-10-13-6-4-5-9-15(13)19(25)26-16)20-11-17-22-21-12-23(17)14-7-2-1-3-8-14/h1-9,12,16H,10-11H2,(H,20,24). The minimum Gasteiger partial charge on any atom is -0.448 e. The zero-order valence-corrected chi connectivity index (χ0v) is 13.8. The summed E-state index contributed by atoms with van der Waals surface area (Å²) in [4.78, 5) is 24.5. The quantitative estimate of drug-likeness (QED) is 0.725. The number of aromatic nitrogens is 3. The summed E-state index contributed by atoms with van der Waals surface area (Å²) >= 11 is 0. The van der Waals surface area contributed by atoms with Crippen LogP contribution in [0.25, 0.3) is 5.69 Å². The highest BCUT2D eigenvalue weighted by Crippen LogP contribution is 2.20. The van der Waals surface area contributed by atoms with Gasteiger partial charge in [-0.05, 0) is 23.8 Å². The van der Waals surface area contributed by atoms with E-state index in [0.29, 0.717) is 17.8 Å². The van der Waals surface area contributed by atoms with Crippen LogP contribution in [0.2, 0.25) is 0 Å². The van der Waals surface area contributed by atoms with Crippen LogP contribution in [0.4, 0.5) is 0 Å². The van der Waals surface area contributed by atoms with Crippen molar-refractivity contribution in [2.45, 2.75) is 19.1 Å². The largest absolute Gasteiger partial charge is 0.448 e. The van der Waals surface area contributed by atoms with Crippen molar-refractivity contribution in [1.82, 2.24) is 20.1 Å². The molecule has 0 saturated carbocycles. The van der Waals surface area contributed by atoms with Crippen LogP contribution in [0.3, 0.4) is 0 Å². The number of nitrogens with zero attached hydrogens (tertiary/aromatic N) is 3. The minimum atomic E-state index is -0.842. The first-order valence-electron chi connectivity index (χ1n) is 8.23. The maximum atomic E-state index is 12.5. The Hall–Kier alpha value is -3.48. The first-order valence-corrected chi connectivity index (χ1v) is 8.23. The molecule has 2 heterocycles. The molecule has 26 heavy (non-hydrogen) atoms. The second-order valence-electron chi connectivity index (χ2n) is 5.93. The lowest BCUT2D eigenvalue weighted by Crippen LogP contribution is -2.41. The number of fused-ring (bicyclic) bond motifs is 1. The monoisotopic (exact) mass is 348 g/mol. The third kappa shape index (κ3) is 3.06. The minimum absolute atomic E-state index is 0.184. The predicted molar refractivity (Wildman–Crippen MR) is 92.6 cm³/mol. The lowest BCUT2D eigenvalue weighted by molar-refractivity contribution is -0.130. The third-order valence-electron chi connectivity index (χ3n) is 4.26.